The zero-order chi connectivity index (χ0) is 12.1. The molecule has 1 saturated carbocycles. The van der Waals surface area contributed by atoms with Crippen molar-refractivity contribution in [3.8, 4) is 5.75 Å². The summed E-state index contributed by atoms with van der Waals surface area (Å²) in [5.74, 6) is -1.21. The SMILES string of the molecule is COc1c(F)cc(F)cc1[C@@H]1[C@@H](N)C1(C)C. The van der Waals surface area contributed by atoms with Crippen LogP contribution in [0.15, 0.2) is 12.1 Å². The highest BCUT2D eigenvalue weighted by atomic mass is 19.1. The molecule has 2 atom stereocenters. The Balaban J connectivity index is 2.49. The van der Waals surface area contributed by atoms with Crippen LogP contribution in [-0.2, 0) is 0 Å². The van der Waals surface area contributed by atoms with Crippen LogP contribution in [-0.4, -0.2) is 13.2 Å². The Morgan fingerprint density at radius 2 is 1.88 bits per heavy atom. The fourth-order valence-corrected chi connectivity index (χ4v) is 2.30. The maximum absolute atomic E-state index is 13.5. The monoisotopic (exact) mass is 227 g/mol. The van der Waals surface area contributed by atoms with Gasteiger partial charge in [0, 0.05) is 23.6 Å². The van der Waals surface area contributed by atoms with Crippen LogP contribution in [0.1, 0.15) is 25.3 Å². The summed E-state index contributed by atoms with van der Waals surface area (Å²) in [6.45, 7) is 3.95. The lowest BCUT2D eigenvalue weighted by atomic mass is 10.0. The van der Waals surface area contributed by atoms with Crippen molar-refractivity contribution in [3.63, 3.8) is 0 Å². The summed E-state index contributed by atoms with van der Waals surface area (Å²) in [4.78, 5) is 0. The Labute approximate surface area is 93.4 Å². The largest absolute Gasteiger partial charge is 0.493 e. The molecule has 1 aliphatic carbocycles. The predicted molar refractivity (Wildman–Crippen MR) is 57.4 cm³/mol. The third kappa shape index (κ3) is 1.48. The van der Waals surface area contributed by atoms with E-state index in [0.29, 0.717) is 5.56 Å². The van der Waals surface area contributed by atoms with E-state index in [2.05, 4.69) is 0 Å². The van der Waals surface area contributed by atoms with Crippen molar-refractivity contribution >= 4 is 0 Å². The second kappa shape index (κ2) is 3.42. The van der Waals surface area contributed by atoms with Crippen molar-refractivity contribution < 1.29 is 13.5 Å². The fraction of sp³-hybridized carbons (Fsp3) is 0.500. The van der Waals surface area contributed by atoms with Gasteiger partial charge in [-0.05, 0) is 11.5 Å². The van der Waals surface area contributed by atoms with Crippen molar-refractivity contribution in [2.75, 3.05) is 7.11 Å². The second-order valence-electron chi connectivity index (χ2n) is 4.83. The van der Waals surface area contributed by atoms with Crippen LogP contribution in [0.4, 0.5) is 8.78 Å². The van der Waals surface area contributed by atoms with Gasteiger partial charge in [-0.15, -0.1) is 0 Å². The summed E-state index contributed by atoms with van der Waals surface area (Å²) < 4.78 is 31.6. The Morgan fingerprint density at radius 1 is 1.31 bits per heavy atom. The molecule has 0 amide bonds. The highest BCUT2D eigenvalue weighted by molar-refractivity contribution is 5.45. The average molecular weight is 227 g/mol. The third-order valence-electron chi connectivity index (χ3n) is 3.49. The van der Waals surface area contributed by atoms with E-state index in [1.54, 1.807) is 0 Å². The second-order valence-corrected chi connectivity index (χ2v) is 4.83. The average Bonchev–Trinajstić information content (AvgIpc) is 2.64. The topological polar surface area (TPSA) is 35.2 Å². The molecule has 2 N–H and O–H groups in total. The first-order valence-corrected chi connectivity index (χ1v) is 5.18. The van der Waals surface area contributed by atoms with Crippen molar-refractivity contribution in [2.24, 2.45) is 11.1 Å². The molecule has 1 aromatic rings. The van der Waals surface area contributed by atoms with Crippen LogP contribution in [0.3, 0.4) is 0 Å². The minimum Gasteiger partial charge on any atom is -0.493 e. The molecule has 88 valence electrons. The number of benzene rings is 1. The molecule has 0 radical (unpaired) electrons. The Bertz CT molecular complexity index is 431. The Hall–Kier alpha value is -1.16. The molecule has 2 nitrogen and oxygen atoms in total. The van der Waals surface area contributed by atoms with Crippen molar-refractivity contribution in [1.82, 2.24) is 0 Å². The first-order chi connectivity index (χ1) is 7.39. The van der Waals surface area contributed by atoms with Crippen molar-refractivity contribution in [3.05, 3.63) is 29.3 Å². The summed E-state index contributed by atoms with van der Waals surface area (Å²) in [6.07, 6.45) is 0. The smallest absolute Gasteiger partial charge is 0.168 e. The molecule has 0 aliphatic heterocycles. The summed E-state index contributed by atoms with van der Waals surface area (Å²) >= 11 is 0. The molecular weight excluding hydrogens is 212 g/mol. The number of rotatable bonds is 2. The standard InChI is InChI=1S/C12H15F2NO/c1-12(2)9(11(12)15)7-4-6(13)5-8(14)10(7)16-3/h4-5,9,11H,15H2,1-3H3/t9-,11-/m1/s1. The normalized spacial score (nSPS) is 26.6. The molecule has 4 heteroatoms. The Morgan fingerprint density at radius 3 is 2.31 bits per heavy atom. The minimum atomic E-state index is -0.674. The lowest BCUT2D eigenvalue weighted by molar-refractivity contribution is 0.377. The maximum Gasteiger partial charge on any atom is 0.168 e. The van der Waals surface area contributed by atoms with Gasteiger partial charge in [-0.25, -0.2) is 8.78 Å². The molecule has 0 heterocycles. The van der Waals surface area contributed by atoms with Crippen LogP contribution in [0.25, 0.3) is 0 Å². The molecule has 0 unspecified atom stereocenters. The fourth-order valence-electron chi connectivity index (χ4n) is 2.30. The van der Waals surface area contributed by atoms with Gasteiger partial charge < -0.3 is 10.5 Å². The van der Waals surface area contributed by atoms with Gasteiger partial charge in [-0.1, -0.05) is 13.8 Å². The van der Waals surface area contributed by atoms with Crippen LogP contribution in [0.5, 0.6) is 5.75 Å². The number of halogens is 2. The summed E-state index contributed by atoms with van der Waals surface area (Å²) in [5.41, 5.74) is 6.29. The van der Waals surface area contributed by atoms with E-state index in [1.807, 2.05) is 13.8 Å². The number of ether oxygens (including phenoxy) is 1. The number of nitrogens with two attached hydrogens (primary N) is 1. The van der Waals surface area contributed by atoms with E-state index in [4.69, 9.17) is 10.5 Å². The van der Waals surface area contributed by atoms with Gasteiger partial charge in [0.1, 0.15) is 5.82 Å². The van der Waals surface area contributed by atoms with E-state index in [-0.39, 0.29) is 23.1 Å². The van der Waals surface area contributed by atoms with Gasteiger partial charge >= 0.3 is 0 Å². The van der Waals surface area contributed by atoms with E-state index < -0.39 is 11.6 Å². The van der Waals surface area contributed by atoms with Crippen LogP contribution in [0.2, 0.25) is 0 Å². The number of hydrogen-bond donors (Lipinski definition) is 1. The molecular formula is C12H15F2NO. The van der Waals surface area contributed by atoms with Gasteiger partial charge in [0.25, 0.3) is 0 Å². The molecule has 0 bridgehead atoms. The van der Waals surface area contributed by atoms with E-state index in [1.165, 1.54) is 13.2 Å². The van der Waals surface area contributed by atoms with E-state index in [0.717, 1.165) is 6.07 Å². The predicted octanol–water partition coefficient (Wildman–Crippen LogP) is 2.42. The molecule has 0 aromatic heterocycles. The third-order valence-corrected chi connectivity index (χ3v) is 3.49. The van der Waals surface area contributed by atoms with Gasteiger partial charge in [-0.2, -0.15) is 0 Å². The highest BCUT2D eigenvalue weighted by Crippen LogP contribution is 2.59. The summed E-state index contributed by atoms with van der Waals surface area (Å²) in [6, 6.07) is 2.05. The van der Waals surface area contributed by atoms with Crippen molar-refractivity contribution in [2.45, 2.75) is 25.8 Å². The molecule has 0 spiro atoms. The lowest BCUT2D eigenvalue weighted by Gasteiger charge is -2.10. The molecule has 1 aliphatic rings. The molecule has 1 aromatic carbocycles. The Kier molecular flexibility index (Phi) is 2.42. The molecule has 2 rings (SSSR count). The number of methoxy groups -OCH3 is 1. The molecule has 0 saturated heterocycles. The first kappa shape index (κ1) is 11.3. The van der Waals surface area contributed by atoms with Crippen molar-refractivity contribution in [1.29, 1.82) is 0 Å². The molecule has 1 fully saturated rings. The van der Waals surface area contributed by atoms with E-state index in [9.17, 15) is 8.78 Å². The van der Waals surface area contributed by atoms with Crippen LogP contribution >= 0.6 is 0 Å². The minimum absolute atomic E-state index is 0.0485. The lowest BCUT2D eigenvalue weighted by Crippen LogP contribution is -2.06. The van der Waals surface area contributed by atoms with Gasteiger partial charge in [0.15, 0.2) is 11.6 Å². The zero-order valence-corrected chi connectivity index (χ0v) is 9.55. The highest BCUT2D eigenvalue weighted by Gasteiger charge is 2.57. The summed E-state index contributed by atoms with van der Waals surface area (Å²) in [5, 5.41) is 0. The van der Waals surface area contributed by atoms with Crippen LogP contribution in [0, 0.1) is 17.0 Å². The molecule has 16 heavy (non-hydrogen) atoms. The van der Waals surface area contributed by atoms with Gasteiger partial charge in [0.05, 0.1) is 7.11 Å². The zero-order valence-electron chi connectivity index (χ0n) is 9.55. The quantitative estimate of drug-likeness (QED) is 0.842. The van der Waals surface area contributed by atoms with Crippen LogP contribution < -0.4 is 10.5 Å². The van der Waals surface area contributed by atoms with E-state index >= 15 is 0 Å². The summed E-state index contributed by atoms with van der Waals surface area (Å²) in [7, 11) is 1.38. The van der Waals surface area contributed by atoms with Gasteiger partial charge in [0.2, 0.25) is 0 Å². The van der Waals surface area contributed by atoms with Gasteiger partial charge in [-0.3, -0.25) is 0 Å². The number of hydrogen-bond acceptors (Lipinski definition) is 2. The first-order valence-electron chi connectivity index (χ1n) is 5.18. The maximum atomic E-state index is 13.5.